The van der Waals surface area contributed by atoms with E-state index in [0.29, 0.717) is 18.4 Å². The quantitative estimate of drug-likeness (QED) is 0.779. The fourth-order valence-electron chi connectivity index (χ4n) is 3.17. The molecule has 2 heterocycles. The number of rotatable bonds is 4. The second-order valence-corrected chi connectivity index (χ2v) is 5.97. The maximum atomic E-state index is 12.3. The Bertz CT molecular complexity index is 267. The summed E-state index contributed by atoms with van der Waals surface area (Å²) in [5.41, 5.74) is 0. The lowest BCUT2D eigenvalue weighted by atomic mass is 9.98. The Balaban J connectivity index is 1.71. The van der Waals surface area contributed by atoms with Crippen LogP contribution in [0.2, 0.25) is 0 Å². The van der Waals surface area contributed by atoms with Crippen molar-refractivity contribution in [1.82, 2.24) is 9.80 Å². The number of methoxy groups -OCH3 is 1. The van der Waals surface area contributed by atoms with E-state index in [1.807, 2.05) is 0 Å². The number of carbonyl (C=O) groups excluding carboxylic acids is 1. The van der Waals surface area contributed by atoms with Gasteiger partial charge in [-0.25, -0.2) is 0 Å². The van der Waals surface area contributed by atoms with Crippen LogP contribution in [0, 0.1) is 5.92 Å². The third-order valence-corrected chi connectivity index (χ3v) is 4.43. The van der Waals surface area contributed by atoms with E-state index in [1.165, 1.54) is 25.7 Å². The van der Waals surface area contributed by atoms with Crippen molar-refractivity contribution in [2.24, 2.45) is 5.92 Å². The van der Waals surface area contributed by atoms with Crippen molar-refractivity contribution in [2.75, 3.05) is 46.4 Å². The summed E-state index contributed by atoms with van der Waals surface area (Å²) in [6, 6.07) is 0. The van der Waals surface area contributed by atoms with Crippen LogP contribution in [0.15, 0.2) is 0 Å². The molecule has 0 aromatic rings. The average Bonchev–Trinajstić information content (AvgIpc) is 2.68. The van der Waals surface area contributed by atoms with Gasteiger partial charge in [0.15, 0.2) is 0 Å². The fourth-order valence-corrected chi connectivity index (χ4v) is 3.17. The topological polar surface area (TPSA) is 32.8 Å². The molecule has 1 amide bonds. The molecule has 19 heavy (non-hydrogen) atoms. The molecule has 4 heteroatoms. The average molecular weight is 268 g/mol. The number of hydrogen-bond acceptors (Lipinski definition) is 3. The summed E-state index contributed by atoms with van der Waals surface area (Å²) in [6.07, 6.45) is 7.35. The summed E-state index contributed by atoms with van der Waals surface area (Å²) >= 11 is 0. The summed E-state index contributed by atoms with van der Waals surface area (Å²) in [4.78, 5) is 16.7. The number of hydrogen-bond donors (Lipinski definition) is 0. The smallest absolute Gasteiger partial charge is 0.236 e. The van der Waals surface area contributed by atoms with Crippen molar-refractivity contribution in [3.05, 3.63) is 0 Å². The molecule has 0 N–H and O–H groups in total. The molecule has 2 saturated heterocycles. The zero-order valence-corrected chi connectivity index (χ0v) is 12.3. The summed E-state index contributed by atoms with van der Waals surface area (Å²) in [5.74, 6) is 0.977. The van der Waals surface area contributed by atoms with Crippen LogP contribution in [0.1, 0.15) is 38.5 Å². The van der Waals surface area contributed by atoms with Gasteiger partial charge in [-0.1, -0.05) is 12.8 Å². The minimum absolute atomic E-state index is 0.331. The molecule has 0 atom stereocenters. The lowest BCUT2D eigenvalue weighted by Gasteiger charge is -2.33. The van der Waals surface area contributed by atoms with Crippen molar-refractivity contribution < 1.29 is 9.53 Å². The molecule has 2 rings (SSSR count). The van der Waals surface area contributed by atoms with Gasteiger partial charge in [-0.05, 0) is 44.7 Å². The maximum Gasteiger partial charge on any atom is 0.236 e. The largest absolute Gasteiger partial charge is 0.384 e. The van der Waals surface area contributed by atoms with Crippen molar-refractivity contribution in [2.45, 2.75) is 38.5 Å². The Labute approximate surface area is 117 Å². The molecular formula is C15H28N2O2. The molecule has 0 spiro atoms. The van der Waals surface area contributed by atoms with E-state index in [9.17, 15) is 4.79 Å². The first-order chi connectivity index (χ1) is 9.29. The monoisotopic (exact) mass is 268 g/mol. The molecule has 0 saturated carbocycles. The summed E-state index contributed by atoms with van der Waals surface area (Å²) in [7, 11) is 1.76. The van der Waals surface area contributed by atoms with E-state index in [-0.39, 0.29) is 0 Å². The first-order valence-electron chi connectivity index (χ1n) is 7.78. The van der Waals surface area contributed by atoms with Gasteiger partial charge < -0.3 is 9.64 Å². The number of ether oxygens (including phenoxy) is 1. The van der Waals surface area contributed by atoms with Crippen molar-refractivity contribution in [1.29, 1.82) is 0 Å². The Hall–Kier alpha value is -0.610. The van der Waals surface area contributed by atoms with Crippen LogP contribution in [0.25, 0.3) is 0 Å². The van der Waals surface area contributed by atoms with Gasteiger partial charge in [0, 0.05) is 26.8 Å². The van der Waals surface area contributed by atoms with Gasteiger partial charge in [0.25, 0.3) is 0 Å². The van der Waals surface area contributed by atoms with Crippen LogP contribution < -0.4 is 0 Å². The van der Waals surface area contributed by atoms with E-state index in [0.717, 1.165) is 45.6 Å². The van der Waals surface area contributed by atoms with E-state index >= 15 is 0 Å². The van der Waals surface area contributed by atoms with Crippen molar-refractivity contribution in [3.8, 4) is 0 Å². The Kier molecular flexibility index (Phi) is 6.11. The highest BCUT2D eigenvalue weighted by atomic mass is 16.5. The molecule has 110 valence electrons. The van der Waals surface area contributed by atoms with Gasteiger partial charge in [-0.2, -0.15) is 0 Å². The first-order valence-corrected chi connectivity index (χ1v) is 7.78. The van der Waals surface area contributed by atoms with Crippen molar-refractivity contribution in [3.63, 3.8) is 0 Å². The normalized spacial score (nSPS) is 23.3. The molecule has 0 aromatic heterocycles. The number of nitrogens with zero attached hydrogens (tertiary/aromatic N) is 2. The van der Waals surface area contributed by atoms with Gasteiger partial charge >= 0.3 is 0 Å². The molecule has 0 aromatic carbocycles. The van der Waals surface area contributed by atoms with Crippen LogP contribution in [-0.2, 0) is 9.53 Å². The van der Waals surface area contributed by atoms with Gasteiger partial charge in [0.2, 0.25) is 5.91 Å². The van der Waals surface area contributed by atoms with E-state index in [2.05, 4.69) is 9.80 Å². The Morgan fingerprint density at radius 1 is 1.05 bits per heavy atom. The van der Waals surface area contributed by atoms with Crippen LogP contribution in [-0.4, -0.2) is 62.1 Å². The molecule has 2 aliphatic heterocycles. The van der Waals surface area contributed by atoms with Gasteiger partial charge in [-0.3, -0.25) is 9.69 Å². The molecule has 0 radical (unpaired) electrons. The molecule has 2 fully saturated rings. The summed E-state index contributed by atoms with van der Waals surface area (Å²) in [5, 5.41) is 0. The van der Waals surface area contributed by atoms with Crippen LogP contribution in [0.4, 0.5) is 0 Å². The maximum absolute atomic E-state index is 12.3. The fraction of sp³-hybridized carbons (Fsp3) is 0.933. The standard InChI is InChI=1S/C15H28N2O2/c1-19-13-14-6-10-17(11-7-14)15(18)12-16-8-4-2-3-5-9-16/h14H,2-13H2,1H3. The zero-order valence-electron chi connectivity index (χ0n) is 12.3. The highest BCUT2D eigenvalue weighted by Gasteiger charge is 2.24. The van der Waals surface area contributed by atoms with E-state index < -0.39 is 0 Å². The minimum atomic E-state index is 0.331. The van der Waals surface area contributed by atoms with Gasteiger partial charge in [-0.15, -0.1) is 0 Å². The molecule has 2 aliphatic rings. The first kappa shape index (κ1) is 14.8. The summed E-state index contributed by atoms with van der Waals surface area (Å²) in [6.45, 7) is 5.52. The van der Waals surface area contributed by atoms with Crippen molar-refractivity contribution >= 4 is 5.91 Å². The lowest BCUT2D eigenvalue weighted by molar-refractivity contribution is -0.134. The minimum Gasteiger partial charge on any atom is -0.384 e. The second kappa shape index (κ2) is 7.85. The second-order valence-electron chi connectivity index (χ2n) is 5.97. The predicted octanol–water partition coefficient (Wildman–Crippen LogP) is 1.75. The van der Waals surface area contributed by atoms with Crippen LogP contribution >= 0.6 is 0 Å². The highest BCUT2D eigenvalue weighted by Crippen LogP contribution is 2.18. The molecular weight excluding hydrogens is 240 g/mol. The van der Waals surface area contributed by atoms with Crippen LogP contribution in [0.3, 0.4) is 0 Å². The van der Waals surface area contributed by atoms with Gasteiger partial charge in [0.05, 0.1) is 6.54 Å². The third-order valence-electron chi connectivity index (χ3n) is 4.43. The third kappa shape index (κ3) is 4.77. The zero-order chi connectivity index (χ0) is 13.5. The van der Waals surface area contributed by atoms with E-state index in [4.69, 9.17) is 4.74 Å². The molecule has 4 nitrogen and oxygen atoms in total. The molecule has 0 bridgehead atoms. The lowest BCUT2D eigenvalue weighted by Crippen LogP contribution is -2.44. The SMILES string of the molecule is COCC1CCN(C(=O)CN2CCCCCC2)CC1. The van der Waals surface area contributed by atoms with E-state index in [1.54, 1.807) is 7.11 Å². The highest BCUT2D eigenvalue weighted by molar-refractivity contribution is 5.78. The Morgan fingerprint density at radius 2 is 1.68 bits per heavy atom. The molecule has 0 aliphatic carbocycles. The number of likely N-dealkylation sites (tertiary alicyclic amines) is 2. The number of carbonyl (C=O) groups is 1. The number of piperidine rings is 1. The number of amides is 1. The molecule has 0 unspecified atom stereocenters. The Morgan fingerprint density at radius 3 is 2.26 bits per heavy atom. The predicted molar refractivity (Wildman–Crippen MR) is 76.1 cm³/mol. The van der Waals surface area contributed by atoms with Gasteiger partial charge in [0.1, 0.15) is 0 Å². The summed E-state index contributed by atoms with van der Waals surface area (Å²) < 4.78 is 5.20. The van der Waals surface area contributed by atoms with Crippen LogP contribution in [0.5, 0.6) is 0 Å².